The quantitative estimate of drug-likeness (QED) is 0.183. The van der Waals surface area contributed by atoms with Crippen LogP contribution in [-0.4, -0.2) is 11.5 Å². The summed E-state index contributed by atoms with van der Waals surface area (Å²) in [7, 11) is 0. The number of thiophene rings is 1. The summed E-state index contributed by atoms with van der Waals surface area (Å²) in [5.41, 5.74) is 7.06. The van der Waals surface area contributed by atoms with E-state index in [1.165, 1.54) is 58.4 Å². The minimum Gasteiger partial charge on any atom is -0.257 e. The molecule has 2 nitrogen and oxygen atoms in total. The highest BCUT2D eigenvalue weighted by Gasteiger charge is 2.34. The van der Waals surface area contributed by atoms with Crippen molar-refractivity contribution in [1.29, 1.82) is 0 Å². The molecule has 0 spiro atoms. The number of aliphatic imine (C=N–C) groups is 2. The van der Waals surface area contributed by atoms with Gasteiger partial charge in [-0.2, -0.15) is 0 Å². The van der Waals surface area contributed by atoms with Crippen molar-refractivity contribution >= 4 is 64.6 Å². The maximum absolute atomic E-state index is 5.55. The van der Waals surface area contributed by atoms with E-state index in [1.807, 2.05) is 11.3 Å². The van der Waals surface area contributed by atoms with Crippen LogP contribution in [0.5, 0.6) is 0 Å². The van der Waals surface area contributed by atoms with Crippen molar-refractivity contribution in [1.82, 2.24) is 0 Å². The molecule has 1 aliphatic rings. The van der Waals surface area contributed by atoms with Crippen LogP contribution in [0.15, 0.2) is 162 Å². The molecule has 2 heterocycles. The SMILES string of the molecule is CCC1C(c2ccc(-c3ccc4ccccc4c3)cc2)=NC(c2ccccc2)=NC1c1c2ccccc2cc2c1sc1ccccc12. The molecule has 0 N–H and O–H groups in total. The molecule has 1 aromatic heterocycles. The second-order valence-corrected chi connectivity index (χ2v) is 13.5. The number of nitrogens with zero attached hydrogens (tertiary/aromatic N) is 2. The number of benzene rings is 7. The lowest BCUT2D eigenvalue weighted by Gasteiger charge is -2.31. The lowest BCUT2D eigenvalue weighted by Crippen LogP contribution is -2.28. The molecule has 0 saturated heterocycles. The Kier molecular flexibility index (Phi) is 6.80. The first-order chi connectivity index (χ1) is 23.2. The Balaban J connectivity index is 1.23. The minimum absolute atomic E-state index is 0.0791. The average molecular weight is 621 g/mol. The molecule has 3 heteroatoms. The molecule has 0 amide bonds. The summed E-state index contributed by atoms with van der Waals surface area (Å²) in [4.78, 5) is 10.9. The molecule has 0 radical (unpaired) electrons. The normalized spacial score (nSPS) is 16.5. The molecular weight excluding hydrogens is 589 g/mol. The standard InChI is InChI=1S/C44H32N2S/c1-2-35-41(30-23-20-29(21-24-30)33-25-22-28-12-6-7-15-32(28)26-33)45-44(31-13-4-3-5-14-31)46-42(35)40-36-17-9-8-16-34(36)27-38-37-18-10-11-19-39(37)47-43(38)40/h3-27,35,42H,2H2,1H3. The maximum atomic E-state index is 5.55. The lowest BCUT2D eigenvalue weighted by atomic mass is 9.81. The van der Waals surface area contributed by atoms with Crippen LogP contribution in [0.1, 0.15) is 36.1 Å². The van der Waals surface area contributed by atoms with Crippen molar-refractivity contribution < 1.29 is 0 Å². The predicted octanol–water partition coefficient (Wildman–Crippen LogP) is 12.0. The lowest BCUT2D eigenvalue weighted by molar-refractivity contribution is 0.538. The maximum Gasteiger partial charge on any atom is 0.155 e. The molecule has 0 saturated carbocycles. The van der Waals surface area contributed by atoms with Crippen molar-refractivity contribution in [3.05, 3.63) is 168 Å². The van der Waals surface area contributed by atoms with E-state index in [-0.39, 0.29) is 12.0 Å². The Hall–Kier alpha value is -5.38. The number of rotatable bonds is 5. The van der Waals surface area contributed by atoms with E-state index in [0.29, 0.717) is 0 Å². The summed E-state index contributed by atoms with van der Waals surface area (Å²) in [6.45, 7) is 2.28. The van der Waals surface area contributed by atoms with E-state index < -0.39 is 0 Å². The van der Waals surface area contributed by atoms with Gasteiger partial charge in [0.1, 0.15) is 0 Å². The summed E-state index contributed by atoms with van der Waals surface area (Å²) in [6, 6.07) is 54.7. The molecule has 1 aliphatic heterocycles. The first kappa shape index (κ1) is 27.9. The molecule has 2 atom stereocenters. The smallest absolute Gasteiger partial charge is 0.155 e. The molecule has 0 aliphatic carbocycles. The first-order valence-electron chi connectivity index (χ1n) is 16.4. The largest absolute Gasteiger partial charge is 0.257 e. The zero-order valence-electron chi connectivity index (χ0n) is 26.1. The van der Waals surface area contributed by atoms with Crippen LogP contribution < -0.4 is 0 Å². The van der Waals surface area contributed by atoms with Crippen LogP contribution in [0, 0.1) is 5.92 Å². The van der Waals surface area contributed by atoms with Crippen LogP contribution in [0.4, 0.5) is 0 Å². The van der Waals surface area contributed by atoms with Gasteiger partial charge in [0.25, 0.3) is 0 Å². The van der Waals surface area contributed by atoms with Crippen LogP contribution >= 0.6 is 11.3 Å². The van der Waals surface area contributed by atoms with Crippen LogP contribution in [-0.2, 0) is 0 Å². The third-order valence-electron chi connectivity index (χ3n) is 9.68. The Morgan fingerprint density at radius 3 is 2.00 bits per heavy atom. The Morgan fingerprint density at radius 1 is 0.532 bits per heavy atom. The average Bonchev–Trinajstić information content (AvgIpc) is 3.51. The van der Waals surface area contributed by atoms with E-state index in [0.717, 1.165) is 29.1 Å². The molecule has 2 unspecified atom stereocenters. The van der Waals surface area contributed by atoms with Crippen molar-refractivity contribution in [3.8, 4) is 11.1 Å². The number of hydrogen-bond donors (Lipinski definition) is 0. The van der Waals surface area contributed by atoms with Gasteiger partial charge in [-0.25, -0.2) is 4.99 Å². The zero-order valence-corrected chi connectivity index (χ0v) is 26.9. The molecule has 7 aromatic carbocycles. The summed E-state index contributed by atoms with van der Waals surface area (Å²) in [5, 5.41) is 7.68. The van der Waals surface area contributed by atoms with Gasteiger partial charge in [0, 0.05) is 37.2 Å². The van der Waals surface area contributed by atoms with Gasteiger partial charge < -0.3 is 0 Å². The topological polar surface area (TPSA) is 24.7 Å². The van der Waals surface area contributed by atoms with E-state index in [2.05, 4.69) is 159 Å². The predicted molar refractivity (Wildman–Crippen MR) is 202 cm³/mol. The number of amidine groups is 1. The highest BCUT2D eigenvalue weighted by Crippen LogP contribution is 2.47. The van der Waals surface area contributed by atoms with Gasteiger partial charge in [-0.05, 0) is 62.9 Å². The van der Waals surface area contributed by atoms with Crippen molar-refractivity contribution in [2.24, 2.45) is 15.9 Å². The van der Waals surface area contributed by atoms with Crippen LogP contribution in [0.2, 0.25) is 0 Å². The Labute approximate surface area is 278 Å². The molecule has 9 rings (SSSR count). The van der Waals surface area contributed by atoms with E-state index in [9.17, 15) is 0 Å². The number of hydrogen-bond acceptors (Lipinski definition) is 3. The molecule has 8 aromatic rings. The van der Waals surface area contributed by atoms with Gasteiger partial charge in [-0.15, -0.1) is 11.3 Å². The van der Waals surface area contributed by atoms with Crippen molar-refractivity contribution in [3.63, 3.8) is 0 Å². The van der Waals surface area contributed by atoms with Gasteiger partial charge in [0.15, 0.2) is 5.84 Å². The molecule has 47 heavy (non-hydrogen) atoms. The van der Waals surface area contributed by atoms with E-state index >= 15 is 0 Å². The molecule has 0 bridgehead atoms. The summed E-state index contributed by atoms with van der Waals surface area (Å²) in [5.74, 6) is 0.921. The fourth-order valence-electron chi connectivity index (χ4n) is 7.34. The van der Waals surface area contributed by atoms with Gasteiger partial charge in [-0.3, -0.25) is 4.99 Å². The summed E-state index contributed by atoms with van der Waals surface area (Å²) >= 11 is 1.89. The number of fused-ring (bicyclic) bond motifs is 5. The summed E-state index contributed by atoms with van der Waals surface area (Å²) < 4.78 is 2.64. The fourth-order valence-corrected chi connectivity index (χ4v) is 8.61. The van der Waals surface area contributed by atoms with E-state index in [4.69, 9.17) is 9.98 Å². The van der Waals surface area contributed by atoms with Gasteiger partial charge in [-0.1, -0.05) is 140 Å². The van der Waals surface area contributed by atoms with Gasteiger partial charge in [0.05, 0.1) is 11.8 Å². The zero-order chi connectivity index (χ0) is 31.3. The molecule has 224 valence electrons. The van der Waals surface area contributed by atoms with Gasteiger partial charge in [0.2, 0.25) is 0 Å². The third kappa shape index (κ3) is 4.78. The highest BCUT2D eigenvalue weighted by molar-refractivity contribution is 7.26. The molecule has 0 fully saturated rings. The Bertz CT molecular complexity index is 2500. The highest BCUT2D eigenvalue weighted by atomic mass is 32.1. The van der Waals surface area contributed by atoms with Crippen LogP contribution in [0.3, 0.4) is 0 Å². The third-order valence-corrected chi connectivity index (χ3v) is 10.9. The van der Waals surface area contributed by atoms with E-state index in [1.54, 1.807) is 0 Å². The van der Waals surface area contributed by atoms with Gasteiger partial charge >= 0.3 is 0 Å². The summed E-state index contributed by atoms with van der Waals surface area (Å²) in [6.07, 6.45) is 0.928. The van der Waals surface area contributed by atoms with Crippen molar-refractivity contribution in [2.45, 2.75) is 19.4 Å². The minimum atomic E-state index is -0.0791. The second kappa shape index (κ2) is 11.5. The fraction of sp³-hybridized carbons (Fsp3) is 0.0909. The molecular formula is C44H32N2S. The monoisotopic (exact) mass is 620 g/mol. The first-order valence-corrected chi connectivity index (χ1v) is 17.2. The Morgan fingerprint density at radius 2 is 1.19 bits per heavy atom. The van der Waals surface area contributed by atoms with Crippen LogP contribution in [0.25, 0.3) is 52.8 Å². The van der Waals surface area contributed by atoms with Crippen molar-refractivity contribution in [2.75, 3.05) is 0 Å². The second-order valence-electron chi connectivity index (χ2n) is 12.4.